The van der Waals surface area contributed by atoms with E-state index in [0.29, 0.717) is 0 Å². The fraction of sp³-hybridized carbons (Fsp3) is 0.875. The Kier molecular flexibility index (Phi) is 4.00. The van der Waals surface area contributed by atoms with E-state index >= 15 is 0 Å². The van der Waals surface area contributed by atoms with Crippen LogP contribution in [0.15, 0.2) is 0 Å². The molecule has 15 heavy (non-hydrogen) atoms. The molecule has 7 heteroatoms. The molecule has 0 saturated carbocycles. The SMILES string of the molecule is CO[C@@H]1[C@@H](OC)[C@@H](O)[C@@H](C(=O)O)O[C@H]1O. The standard InChI is InChI=1S/C8H14O7/c1-13-4-3(9)5(7(10)11)15-8(12)6(4)14-2/h3-6,8-9,12H,1-2H3,(H,10,11)/t3-,4+,5+,6-,8-/m1/s1. The lowest BCUT2D eigenvalue weighted by molar-refractivity contribution is -0.288. The first-order chi connectivity index (χ1) is 7.02. The van der Waals surface area contributed by atoms with Crippen LogP contribution in [-0.2, 0) is 19.0 Å². The van der Waals surface area contributed by atoms with Crippen molar-refractivity contribution < 1.29 is 34.3 Å². The van der Waals surface area contributed by atoms with E-state index in [1.54, 1.807) is 0 Å². The second-order valence-corrected chi connectivity index (χ2v) is 3.18. The number of aliphatic hydroxyl groups is 2. The van der Waals surface area contributed by atoms with Crippen LogP contribution in [0.1, 0.15) is 0 Å². The highest BCUT2D eigenvalue weighted by Crippen LogP contribution is 2.23. The predicted octanol–water partition coefficient (Wildman–Crippen LogP) is -1.82. The Morgan fingerprint density at radius 2 is 1.73 bits per heavy atom. The smallest absolute Gasteiger partial charge is 0.335 e. The van der Waals surface area contributed by atoms with Gasteiger partial charge in [0.05, 0.1) is 0 Å². The zero-order chi connectivity index (χ0) is 11.6. The van der Waals surface area contributed by atoms with Crippen LogP contribution in [0, 0.1) is 0 Å². The number of ether oxygens (including phenoxy) is 3. The number of hydrogen-bond acceptors (Lipinski definition) is 6. The number of hydrogen-bond donors (Lipinski definition) is 3. The van der Waals surface area contributed by atoms with Crippen molar-refractivity contribution >= 4 is 5.97 Å². The van der Waals surface area contributed by atoms with E-state index in [-0.39, 0.29) is 0 Å². The van der Waals surface area contributed by atoms with Gasteiger partial charge in [0.2, 0.25) is 0 Å². The molecule has 0 bridgehead atoms. The largest absolute Gasteiger partial charge is 0.479 e. The van der Waals surface area contributed by atoms with Crippen LogP contribution in [0.5, 0.6) is 0 Å². The van der Waals surface area contributed by atoms with Crippen molar-refractivity contribution in [3.8, 4) is 0 Å². The van der Waals surface area contributed by atoms with E-state index in [1.165, 1.54) is 14.2 Å². The van der Waals surface area contributed by atoms with Gasteiger partial charge in [0.25, 0.3) is 0 Å². The molecule has 0 aliphatic carbocycles. The third kappa shape index (κ3) is 2.27. The molecule has 0 spiro atoms. The van der Waals surface area contributed by atoms with Crippen molar-refractivity contribution in [1.29, 1.82) is 0 Å². The van der Waals surface area contributed by atoms with Crippen molar-refractivity contribution in [2.75, 3.05) is 14.2 Å². The molecule has 88 valence electrons. The Labute approximate surface area is 86.2 Å². The Bertz CT molecular complexity index is 231. The van der Waals surface area contributed by atoms with Gasteiger partial charge in [-0.1, -0.05) is 0 Å². The van der Waals surface area contributed by atoms with Gasteiger partial charge in [-0.05, 0) is 0 Å². The van der Waals surface area contributed by atoms with Gasteiger partial charge in [-0.15, -0.1) is 0 Å². The number of carbonyl (C=O) groups is 1. The lowest BCUT2D eigenvalue weighted by Gasteiger charge is -2.39. The zero-order valence-electron chi connectivity index (χ0n) is 8.36. The van der Waals surface area contributed by atoms with Crippen LogP contribution in [0.4, 0.5) is 0 Å². The van der Waals surface area contributed by atoms with E-state index in [4.69, 9.17) is 19.3 Å². The lowest BCUT2D eigenvalue weighted by atomic mass is 9.98. The summed E-state index contributed by atoms with van der Waals surface area (Å²) in [5, 5.41) is 27.7. The minimum atomic E-state index is -1.52. The Morgan fingerprint density at radius 1 is 1.20 bits per heavy atom. The number of carboxylic acid groups (broad SMARTS) is 1. The maximum absolute atomic E-state index is 10.7. The van der Waals surface area contributed by atoms with Crippen molar-refractivity contribution in [2.45, 2.75) is 30.7 Å². The summed E-state index contributed by atoms with van der Waals surface area (Å²) >= 11 is 0. The molecule has 0 aromatic carbocycles. The molecule has 0 radical (unpaired) electrons. The minimum absolute atomic E-state index is 0.916. The summed E-state index contributed by atoms with van der Waals surface area (Å²) in [6, 6.07) is 0. The fourth-order valence-electron chi connectivity index (χ4n) is 1.57. The summed E-state index contributed by atoms with van der Waals surface area (Å²) < 4.78 is 14.4. The third-order valence-corrected chi connectivity index (χ3v) is 2.33. The molecule has 3 N–H and O–H groups in total. The molecule has 0 amide bonds. The molecular weight excluding hydrogens is 208 g/mol. The van der Waals surface area contributed by atoms with Gasteiger partial charge in [-0.3, -0.25) is 0 Å². The molecule has 1 aliphatic heterocycles. The van der Waals surface area contributed by atoms with E-state index < -0.39 is 36.7 Å². The summed E-state index contributed by atoms with van der Waals surface area (Å²) in [7, 11) is 2.59. The maximum Gasteiger partial charge on any atom is 0.335 e. The van der Waals surface area contributed by atoms with Gasteiger partial charge in [0.15, 0.2) is 12.4 Å². The van der Waals surface area contributed by atoms with Gasteiger partial charge in [0.1, 0.15) is 18.3 Å². The number of aliphatic hydroxyl groups excluding tert-OH is 2. The van der Waals surface area contributed by atoms with Crippen LogP contribution in [0.2, 0.25) is 0 Å². The molecule has 0 aromatic rings. The van der Waals surface area contributed by atoms with Gasteiger partial charge < -0.3 is 29.5 Å². The Hall–Kier alpha value is -0.730. The van der Waals surface area contributed by atoms with Crippen LogP contribution in [0.25, 0.3) is 0 Å². The number of methoxy groups -OCH3 is 2. The van der Waals surface area contributed by atoms with Crippen LogP contribution < -0.4 is 0 Å². The second kappa shape index (κ2) is 4.86. The van der Waals surface area contributed by atoms with Crippen molar-refractivity contribution in [2.24, 2.45) is 0 Å². The van der Waals surface area contributed by atoms with E-state index in [0.717, 1.165) is 0 Å². The minimum Gasteiger partial charge on any atom is -0.479 e. The quantitative estimate of drug-likeness (QED) is 0.516. The lowest BCUT2D eigenvalue weighted by Crippen LogP contribution is -2.60. The van der Waals surface area contributed by atoms with Gasteiger partial charge in [-0.25, -0.2) is 4.79 Å². The molecule has 0 aromatic heterocycles. The normalized spacial score (nSPS) is 41.5. The highest BCUT2D eigenvalue weighted by Gasteiger charge is 2.48. The summed E-state index contributed by atoms with van der Waals surface area (Å²) in [6.45, 7) is 0. The first kappa shape index (κ1) is 12.3. The average molecular weight is 222 g/mol. The predicted molar refractivity (Wildman–Crippen MR) is 46.1 cm³/mol. The zero-order valence-corrected chi connectivity index (χ0v) is 8.36. The molecule has 1 heterocycles. The van der Waals surface area contributed by atoms with Crippen molar-refractivity contribution in [1.82, 2.24) is 0 Å². The number of rotatable bonds is 3. The maximum atomic E-state index is 10.7. The van der Waals surface area contributed by atoms with E-state index in [9.17, 15) is 15.0 Å². The molecule has 5 atom stereocenters. The van der Waals surface area contributed by atoms with Crippen molar-refractivity contribution in [3.05, 3.63) is 0 Å². The number of aliphatic carboxylic acids is 1. The molecule has 1 rings (SSSR count). The van der Waals surface area contributed by atoms with Crippen LogP contribution in [-0.4, -0.2) is 66.2 Å². The molecular formula is C8H14O7. The highest BCUT2D eigenvalue weighted by atomic mass is 16.7. The van der Waals surface area contributed by atoms with E-state index in [1.807, 2.05) is 0 Å². The molecule has 1 saturated heterocycles. The van der Waals surface area contributed by atoms with Crippen LogP contribution in [0.3, 0.4) is 0 Å². The summed E-state index contributed by atoms with van der Waals surface area (Å²) in [4.78, 5) is 10.7. The topological polar surface area (TPSA) is 105 Å². The third-order valence-electron chi connectivity index (χ3n) is 2.33. The summed E-state index contributed by atoms with van der Waals surface area (Å²) in [5.41, 5.74) is 0. The summed E-state index contributed by atoms with van der Waals surface area (Å²) in [6.07, 6.45) is -6.21. The first-order valence-corrected chi connectivity index (χ1v) is 4.33. The average Bonchev–Trinajstić information content (AvgIpc) is 2.19. The molecule has 7 nitrogen and oxygen atoms in total. The molecule has 1 fully saturated rings. The highest BCUT2D eigenvalue weighted by molar-refractivity contribution is 5.73. The first-order valence-electron chi connectivity index (χ1n) is 4.33. The Balaban J connectivity index is 2.84. The van der Waals surface area contributed by atoms with E-state index in [2.05, 4.69) is 0 Å². The second-order valence-electron chi connectivity index (χ2n) is 3.18. The molecule has 1 aliphatic rings. The number of carboxylic acids is 1. The van der Waals surface area contributed by atoms with Crippen LogP contribution >= 0.6 is 0 Å². The summed E-state index contributed by atoms with van der Waals surface area (Å²) in [5.74, 6) is -1.36. The Morgan fingerprint density at radius 3 is 2.13 bits per heavy atom. The fourth-order valence-corrected chi connectivity index (χ4v) is 1.57. The van der Waals surface area contributed by atoms with Gasteiger partial charge in [-0.2, -0.15) is 0 Å². The van der Waals surface area contributed by atoms with Gasteiger partial charge in [0, 0.05) is 14.2 Å². The van der Waals surface area contributed by atoms with Gasteiger partial charge >= 0.3 is 5.97 Å². The van der Waals surface area contributed by atoms with Crippen molar-refractivity contribution in [3.63, 3.8) is 0 Å². The monoisotopic (exact) mass is 222 g/mol. The molecule has 0 unspecified atom stereocenters.